The van der Waals surface area contributed by atoms with Gasteiger partial charge in [-0.25, -0.2) is 14.4 Å². The lowest BCUT2D eigenvalue weighted by Crippen LogP contribution is -2.38. The molecule has 1 saturated carbocycles. The number of likely N-dealkylation sites (tertiary alicyclic amines) is 1. The zero-order chi connectivity index (χ0) is 26.9. The maximum absolute atomic E-state index is 15.5. The molecule has 2 aliphatic rings. The number of fused-ring (bicyclic) bond motifs is 1. The Labute approximate surface area is 225 Å². The molecule has 196 valence electrons. The highest BCUT2D eigenvalue weighted by molar-refractivity contribution is 6.01. The van der Waals surface area contributed by atoms with Crippen LogP contribution in [0.5, 0.6) is 11.5 Å². The predicted molar refractivity (Wildman–Crippen MR) is 145 cm³/mol. The van der Waals surface area contributed by atoms with Gasteiger partial charge in [-0.3, -0.25) is 4.79 Å². The molecule has 9 heteroatoms. The summed E-state index contributed by atoms with van der Waals surface area (Å²) in [5.74, 6) is 0.880. The largest absolute Gasteiger partial charge is 0.457 e. The van der Waals surface area contributed by atoms with Crippen LogP contribution in [-0.2, 0) is 11.3 Å². The average Bonchev–Trinajstić information content (AvgIpc) is 3.52. The van der Waals surface area contributed by atoms with Crippen LogP contribution in [0.25, 0.3) is 22.2 Å². The first-order valence-corrected chi connectivity index (χ1v) is 13.1. The number of carbonyl (C=O) groups excluding carboxylic acids is 1. The minimum atomic E-state index is -0.465. The van der Waals surface area contributed by atoms with Crippen LogP contribution in [0.15, 0.2) is 72.7 Å². The van der Waals surface area contributed by atoms with E-state index < -0.39 is 5.82 Å². The zero-order valence-corrected chi connectivity index (χ0v) is 21.3. The summed E-state index contributed by atoms with van der Waals surface area (Å²) < 4.78 is 23.1. The SMILES string of the molecule is N#C/C(=C/C1CC1)C(=O)N1CCC[C@@H]1Cn1cc(-c2ccc(Oc3ccccc3)cc2F)c2c(N)ncnc21. The number of hydrogen-bond donors (Lipinski definition) is 1. The summed E-state index contributed by atoms with van der Waals surface area (Å²) in [5, 5.41) is 10.1. The van der Waals surface area contributed by atoms with Crippen molar-refractivity contribution in [3.63, 3.8) is 0 Å². The normalized spacial score (nSPS) is 17.4. The van der Waals surface area contributed by atoms with E-state index in [0.717, 1.165) is 25.7 Å². The minimum Gasteiger partial charge on any atom is -0.457 e. The lowest BCUT2D eigenvalue weighted by molar-refractivity contribution is -0.127. The summed E-state index contributed by atoms with van der Waals surface area (Å²) in [6, 6.07) is 15.9. The van der Waals surface area contributed by atoms with Crippen molar-refractivity contribution in [2.45, 2.75) is 38.3 Å². The number of rotatable bonds is 7. The molecule has 2 fully saturated rings. The van der Waals surface area contributed by atoms with Gasteiger partial charge in [0.05, 0.1) is 11.4 Å². The number of nitrogens with two attached hydrogens (primary N) is 1. The van der Waals surface area contributed by atoms with Gasteiger partial charge in [-0.1, -0.05) is 24.3 Å². The lowest BCUT2D eigenvalue weighted by Gasteiger charge is -2.25. The molecule has 0 radical (unpaired) electrons. The van der Waals surface area contributed by atoms with Crippen LogP contribution in [-0.4, -0.2) is 37.9 Å². The summed E-state index contributed by atoms with van der Waals surface area (Å²) in [4.78, 5) is 23.6. The van der Waals surface area contributed by atoms with Crippen LogP contribution < -0.4 is 10.5 Å². The van der Waals surface area contributed by atoms with Crippen molar-refractivity contribution in [1.29, 1.82) is 5.26 Å². The molecular weight excluding hydrogens is 495 g/mol. The number of nitrogens with zero attached hydrogens (tertiary/aromatic N) is 5. The smallest absolute Gasteiger partial charge is 0.264 e. The number of nitriles is 1. The molecule has 1 atom stereocenters. The molecule has 2 aromatic carbocycles. The van der Waals surface area contributed by atoms with Crippen LogP contribution >= 0.6 is 0 Å². The van der Waals surface area contributed by atoms with Gasteiger partial charge < -0.3 is 19.9 Å². The van der Waals surface area contributed by atoms with Gasteiger partial charge in [-0.15, -0.1) is 0 Å². The molecule has 1 aliphatic heterocycles. The number of allylic oxidation sites excluding steroid dienone is 1. The Morgan fingerprint density at radius 3 is 2.69 bits per heavy atom. The summed E-state index contributed by atoms with van der Waals surface area (Å²) in [6.45, 7) is 1.03. The van der Waals surface area contributed by atoms with Crippen molar-refractivity contribution in [1.82, 2.24) is 19.4 Å². The van der Waals surface area contributed by atoms with E-state index in [-0.39, 0.29) is 23.3 Å². The number of halogens is 1. The fourth-order valence-electron chi connectivity index (χ4n) is 5.22. The molecular formula is C30H27FN6O2. The summed E-state index contributed by atoms with van der Waals surface area (Å²) in [6.07, 6.45) is 8.70. The van der Waals surface area contributed by atoms with E-state index in [9.17, 15) is 10.1 Å². The second kappa shape index (κ2) is 10.2. The van der Waals surface area contributed by atoms with E-state index in [1.807, 2.05) is 35.0 Å². The van der Waals surface area contributed by atoms with Crippen LogP contribution in [0.4, 0.5) is 10.2 Å². The maximum Gasteiger partial charge on any atom is 0.264 e. The molecule has 39 heavy (non-hydrogen) atoms. The van der Waals surface area contributed by atoms with E-state index in [4.69, 9.17) is 10.5 Å². The highest BCUT2D eigenvalue weighted by atomic mass is 19.1. The fraction of sp³-hybridized carbons (Fsp3) is 0.267. The van der Waals surface area contributed by atoms with Crippen molar-refractivity contribution in [3.8, 4) is 28.7 Å². The molecule has 1 aliphatic carbocycles. The Balaban J connectivity index is 1.32. The zero-order valence-electron chi connectivity index (χ0n) is 21.3. The Kier molecular flexibility index (Phi) is 6.45. The van der Waals surface area contributed by atoms with Crippen molar-refractivity contribution >= 4 is 22.8 Å². The summed E-state index contributed by atoms with van der Waals surface area (Å²) in [7, 11) is 0. The third kappa shape index (κ3) is 4.93. The van der Waals surface area contributed by atoms with E-state index in [0.29, 0.717) is 52.7 Å². The third-order valence-electron chi connectivity index (χ3n) is 7.31. The molecule has 0 spiro atoms. The molecule has 1 saturated heterocycles. The van der Waals surface area contributed by atoms with Gasteiger partial charge in [0, 0.05) is 36.5 Å². The van der Waals surface area contributed by atoms with E-state index in [2.05, 4.69) is 16.0 Å². The quantitative estimate of drug-likeness (QED) is 0.255. The number of amides is 1. The fourth-order valence-corrected chi connectivity index (χ4v) is 5.22. The first kappa shape index (κ1) is 24.6. The van der Waals surface area contributed by atoms with Gasteiger partial charge in [0.1, 0.15) is 46.8 Å². The molecule has 4 aromatic rings. The molecule has 2 aromatic heterocycles. The van der Waals surface area contributed by atoms with Gasteiger partial charge in [0.15, 0.2) is 0 Å². The summed E-state index contributed by atoms with van der Waals surface area (Å²) >= 11 is 0. The first-order valence-electron chi connectivity index (χ1n) is 13.1. The van der Waals surface area contributed by atoms with Crippen LogP contribution in [0.3, 0.4) is 0 Å². The highest BCUT2D eigenvalue weighted by Gasteiger charge is 2.33. The van der Waals surface area contributed by atoms with Gasteiger partial charge in [-0.2, -0.15) is 5.26 Å². The third-order valence-corrected chi connectivity index (χ3v) is 7.31. The van der Waals surface area contributed by atoms with Crippen molar-refractivity contribution in [2.24, 2.45) is 5.92 Å². The van der Waals surface area contributed by atoms with Crippen LogP contribution in [0.1, 0.15) is 25.7 Å². The molecule has 1 amide bonds. The number of carbonyl (C=O) groups is 1. The van der Waals surface area contributed by atoms with E-state index in [1.54, 1.807) is 29.2 Å². The predicted octanol–water partition coefficient (Wildman–Crippen LogP) is 5.46. The second-order valence-corrected chi connectivity index (χ2v) is 10.0. The number of aromatic nitrogens is 3. The maximum atomic E-state index is 15.5. The highest BCUT2D eigenvalue weighted by Crippen LogP contribution is 2.37. The van der Waals surface area contributed by atoms with Gasteiger partial charge in [-0.05, 0) is 55.9 Å². The number of nitrogen functional groups attached to an aromatic ring is 1. The van der Waals surface area contributed by atoms with E-state index >= 15 is 4.39 Å². The number of benzene rings is 2. The molecule has 3 heterocycles. The van der Waals surface area contributed by atoms with Crippen molar-refractivity contribution < 1.29 is 13.9 Å². The Morgan fingerprint density at radius 2 is 1.95 bits per heavy atom. The Morgan fingerprint density at radius 1 is 1.13 bits per heavy atom. The Hall–Kier alpha value is -4.71. The van der Waals surface area contributed by atoms with Crippen LogP contribution in [0.2, 0.25) is 0 Å². The standard InChI is InChI=1S/C30H27FN6O2/c31-26-14-23(39-22-6-2-1-3-7-22)10-11-24(26)25-17-36(29-27(25)28(33)34-18-35-29)16-21-5-4-12-37(21)30(38)20(15-32)13-19-8-9-19/h1-3,6-7,10-11,13-14,17-19,21H,4-5,8-9,12,16H2,(H2,33,34,35)/b20-13-/t21-/m1/s1. The first-order chi connectivity index (χ1) is 19.0. The minimum absolute atomic E-state index is 0.125. The van der Waals surface area contributed by atoms with Gasteiger partial charge in [0.2, 0.25) is 0 Å². The molecule has 0 bridgehead atoms. The summed E-state index contributed by atoms with van der Waals surface area (Å²) in [5.41, 5.74) is 7.96. The van der Waals surface area contributed by atoms with Crippen LogP contribution in [0, 0.1) is 23.1 Å². The van der Waals surface area contributed by atoms with Gasteiger partial charge >= 0.3 is 0 Å². The number of hydrogen-bond acceptors (Lipinski definition) is 6. The average molecular weight is 523 g/mol. The van der Waals surface area contributed by atoms with Gasteiger partial charge in [0.25, 0.3) is 5.91 Å². The molecule has 6 rings (SSSR count). The molecule has 2 N–H and O–H groups in total. The Bertz CT molecular complexity index is 1620. The molecule has 8 nitrogen and oxygen atoms in total. The number of ether oxygens (including phenoxy) is 1. The molecule has 0 unspecified atom stereocenters. The lowest BCUT2D eigenvalue weighted by atomic mass is 10.1. The number of para-hydroxylation sites is 1. The van der Waals surface area contributed by atoms with Crippen molar-refractivity contribution in [3.05, 3.63) is 78.5 Å². The number of anilines is 1. The topological polar surface area (TPSA) is 110 Å². The second-order valence-electron chi connectivity index (χ2n) is 10.0. The monoisotopic (exact) mass is 522 g/mol. The van der Waals surface area contributed by atoms with Crippen molar-refractivity contribution in [2.75, 3.05) is 12.3 Å². The van der Waals surface area contributed by atoms with E-state index in [1.165, 1.54) is 12.4 Å².